The van der Waals surface area contributed by atoms with E-state index in [4.69, 9.17) is 5.11 Å². The number of anilines is 1. The van der Waals surface area contributed by atoms with Gasteiger partial charge in [-0.1, -0.05) is 6.07 Å². The van der Waals surface area contributed by atoms with E-state index in [9.17, 15) is 9.18 Å². The fraction of sp³-hybridized carbons (Fsp3) is 0.357. The maximum atomic E-state index is 13.8. The Labute approximate surface area is 117 Å². The number of rotatable bonds is 6. The van der Waals surface area contributed by atoms with Crippen LogP contribution in [0.25, 0.3) is 6.08 Å². The van der Waals surface area contributed by atoms with Crippen molar-refractivity contribution in [3.05, 3.63) is 35.7 Å². The maximum absolute atomic E-state index is 13.8. The predicted molar refractivity (Wildman–Crippen MR) is 79.3 cm³/mol. The third-order valence-corrected chi connectivity index (χ3v) is 3.69. The van der Waals surface area contributed by atoms with Crippen LogP contribution in [0.15, 0.2) is 24.3 Å². The molecule has 1 N–H and O–H groups in total. The molecule has 0 spiro atoms. The molecule has 1 atom stereocenters. The number of carboxylic acid groups (broad SMARTS) is 1. The summed E-state index contributed by atoms with van der Waals surface area (Å²) in [5.41, 5.74) is 0.999. The number of halogens is 1. The molecule has 0 aromatic heterocycles. The van der Waals surface area contributed by atoms with Gasteiger partial charge in [0.2, 0.25) is 0 Å². The zero-order chi connectivity index (χ0) is 14.4. The highest BCUT2D eigenvalue weighted by Gasteiger charge is 2.14. The normalized spacial score (nSPS) is 12.6. The first-order chi connectivity index (χ1) is 8.97. The lowest BCUT2D eigenvalue weighted by molar-refractivity contribution is -0.131. The lowest BCUT2D eigenvalue weighted by Crippen LogP contribution is -2.31. The molecule has 19 heavy (non-hydrogen) atoms. The Bertz CT molecular complexity index is 477. The minimum atomic E-state index is -1.09. The predicted octanol–water partition coefficient (Wildman–Crippen LogP) is 3.11. The Morgan fingerprint density at radius 2 is 2.26 bits per heavy atom. The monoisotopic (exact) mass is 283 g/mol. The summed E-state index contributed by atoms with van der Waals surface area (Å²) in [5.74, 6) is -0.595. The molecule has 0 saturated carbocycles. The third kappa shape index (κ3) is 4.28. The van der Waals surface area contributed by atoms with Gasteiger partial charge in [-0.15, -0.1) is 0 Å². The molecule has 0 aliphatic carbocycles. The van der Waals surface area contributed by atoms with Gasteiger partial charge in [-0.05, 0) is 31.4 Å². The third-order valence-electron chi connectivity index (χ3n) is 2.87. The van der Waals surface area contributed by atoms with E-state index in [0.29, 0.717) is 11.3 Å². The van der Waals surface area contributed by atoms with Gasteiger partial charge in [0, 0.05) is 36.2 Å². The highest BCUT2D eigenvalue weighted by molar-refractivity contribution is 7.98. The fourth-order valence-corrected chi connectivity index (χ4v) is 2.45. The van der Waals surface area contributed by atoms with Crippen molar-refractivity contribution >= 4 is 29.5 Å². The van der Waals surface area contributed by atoms with E-state index in [1.165, 1.54) is 12.1 Å². The highest BCUT2D eigenvalue weighted by atomic mass is 32.2. The van der Waals surface area contributed by atoms with Crippen LogP contribution in [0.5, 0.6) is 0 Å². The van der Waals surface area contributed by atoms with Gasteiger partial charge >= 0.3 is 5.97 Å². The smallest absolute Gasteiger partial charge is 0.328 e. The van der Waals surface area contributed by atoms with E-state index in [1.54, 1.807) is 23.9 Å². The van der Waals surface area contributed by atoms with Crippen LogP contribution in [0.2, 0.25) is 0 Å². The van der Waals surface area contributed by atoms with Crippen LogP contribution in [-0.4, -0.2) is 36.2 Å². The molecule has 5 heteroatoms. The number of hydrogen-bond acceptors (Lipinski definition) is 3. The standard InChI is InChI=1S/C14H18FNO2S/c1-10(9-19-3)16(2)13-6-4-5-12(15)11(13)7-8-14(17)18/h4-8,10H,9H2,1-3H3,(H,17,18)/b8-7+. The van der Waals surface area contributed by atoms with Crippen molar-refractivity contribution in [3.8, 4) is 0 Å². The summed E-state index contributed by atoms with van der Waals surface area (Å²) in [6.07, 6.45) is 4.27. The number of aliphatic carboxylic acids is 1. The molecule has 1 aromatic rings. The van der Waals surface area contributed by atoms with Gasteiger partial charge in [0.15, 0.2) is 0 Å². The molecule has 0 radical (unpaired) electrons. The van der Waals surface area contributed by atoms with E-state index in [2.05, 4.69) is 0 Å². The lowest BCUT2D eigenvalue weighted by atomic mass is 10.1. The Kier molecular flexibility index (Phi) is 5.89. The summed E-state index contributed by atoms with van der Waals surface area (Å²) in [6, 6.07) is 4.98. The highest BCUT2D eigenvalue weighted by Crippen LogP contribution is 2.26. The van der Waals surface area contributed by atoms with Crippen LogP contribution in [0.1, 0.15) is 12.5 Å². The molecule has 0 bridgehead atoms. The Balaban J connectivity index is 3.12. The second-order valence-corrected chi connectivity index (χ2v) is 5.17. The van der Waals surface area contributed by atoms with E-state index in [-0.39, 0.29) is 6.04 Å². The summed E-state index contributed by atoms with van der Waals surface area (Å²) in [4.78, 5) is 12.5. The molecule has 0 fully saturated rings. The van der Waals surface area contributed by atoms with Gasteiger partial charge < -0.3 is 10.0 Å². The van der Waals surface area contributed by atoms with E-state index >= 15 is 0 Å². The first-order valence-corrected chi connectivity index (χ1v) is 7.28. The van der Waals surface area contributed by atoms with Gasteiger partial charge in [-0.2, -0.15) is 11.8 Å². The number of carbonyl (C=O) groups is 1. The summed E-state index contributed by atoms with van der Waals surface area (Å²) in [6.45, 7) is 2.05. The van der Waals surface area contributed by atoms with Crippen molar-refractivity contribution in [1.29, 1.82) is 0 Å². The van der Waals surface area contributed by atoms with E-state index < -0.39 is 11.8 Å². The molecule has 0 aliphatic heterocycles. The average Bonchev–Trinajstić information content (AvgIpc) is 2.36. The number of hydrogen-bond donors (Lipinski definition) is 1. The zero-order valence-electron chi connectivity index (χ0n) is 11.3. The van der Waals surface area contributed by atoms with Gasteiger partial charge in [0.25, 0.3) is 0 Å². The van der Waals surface area contributed by atoms with Gasteiger partial charge in [-0.3, -0.25) is 0 Å². The summed E-state index contributed by atoms with van der Waals surface area (Å²) < 4.78 is 13.8. The average molecular weight is 283 g/mol. The molecule has 0 amide bonds. The topological polar surface area (TPSA) is 40.5 Å². The molecule has 1 aromatic carbocycles. The van der Waals surface area contributed by atoms with Crippen LogP contribution >= 0.6 is 11.8 Å². The minimum absolute atomic E-state index is 0.230. The number of benzene rings is 1. The second kappa shape index (κ2) is 7.19. The Hall–Kier alpha value is -1.49. The molecular formula is C14H18FNO2S. The van der Waals surface area contributed by atoms with Crippen LogP contribution < -0.4 is 4.90 Å². The van der Waals surface area contributed by atoms with E-state index in [0.717, 1.165) is 11.8 Å². The van der Waals surface area contributed by atoms with Crippen molar-refractivity contribution in [3.63, 3.8) is 0 Å². The van der Waals surface area contributed by atoms with Crippen LogP contribution in [0, 0.1) is 5.82 Å². The van der Waals surface area contributed by atoms with Gasteiger partial charge in [0.05, 0.1) is 0 Å². The molecular weight excluding hydrogens is 265 g/mol. The van der Waals surface area contributed by atoms with Crippen LogP contribution in [0.4, 0.5) is 10.1 Å². The summed E-state index contributed by atoms with van der Waals surface area (Å²) in [5, 5.41) is 8.66. The fourth-order valence-electron chi connectivity index (χ4n) is 1.74. The van der Waals surface area contributed by atoms with Crippen LogP contribution in [-0.2, 0) is 4.79 Å². The molecule has 1 rings (SSSR count). The summed E-state index contributed by atoms with van der Waals surface area (Å²) in [7, 11) is 1.88. The first-order valence-electron chi connectivity index (χ1n) is 5.88. The van der Waals surface area contributed by atoms with Gasteiger partial charge in [-0.25, -0.2) is 9.18 Å². The molecule has 0 heterocycles. The molecule has 0 saturated heterocycles. The van der Waals surface area contributed by atoms with Gasteiger partial charge in [0.1, 0.15) is 5.82 Å². The summed E-state index contributed by atoms with van der Waals surface area (Å²) >= 11 is 1.71. The SMILES string of the molecule is CSCC(C)N(C)c1cccc(F)c1/C=C/C(=O)O. The maximum Gasteiger partial charge on any atom is 0.328 e. The van der Waals surface area contributed by atoms with Crippen molar-refractivity contribution in [2.45, 2.75) is 13.0 Å². The molecule has 0 aliphatic rings. The van der Waals surface area contributed by atoms with Crippen molar-refractivity contribution in [1.82, 2.24) is 0 Å². The Morgan fingerprint density at radius 3 is 2.84 bits per heavy atom. The molecule has 1 unspecified atom stereocenters. The minimum Gasteiger partial charge on any atom is -0.478 e. The Morgan fingerprint density at radius 1 is 1.58 bits per heavy atom. The van der Waals surface area contributed by atoms with Crippen molar-refractivity contribution in [2.75, 3.05) is 24.0 Å². The van der Waals surface area contributed by atoms with Crippen LogP contribution in [0.3, 0.4) is 0 Å². The first kappa shape index (κ1) is 15.6. The number of carboxylic acids is 1. The number of thioether (sulfide) groups is 1. The molecule has 104 valence electrons. The van der Waals surface area contributed by atoms with E-state index in [1.807, 2.05) is 25.1 Å². The van der Waals surface area contributed by atoms with Crippen molar-refractivity contribution < 1.29 is 14.3 Å². The molecule has 3 nitrogen and oxygen atoms in total. The number of nitrogens with zero attached hydrogens (tertiary/aromatic N) is 1. The quantitative estimate of drug-likeness (QED) is 0.814. The second-order valence-electron chi connectivity index (χ2n) is 4.26. The largest absolute Gasteiger partial charge is 0.478 e. The lowest BCUT2D eigenvalue weighted by Gasteiger charge is -2.28. The van der Waals surface area contributed by atoms with Crippen molar-refractivity contribution in [2.24, 2.45) is 0 Å². The zero-order valence-corrected chi connectivity index (χ0v) is 12.1.